The van der Waals surface area contributed by atoms with Crippen LogP contribution in [-0.2, 0) is 17.9 Å². The fourth-order valence-corrected chi connectivity index (χ4v) is 4.78. The lowest BCUT2D eigenvalue weighted by atomic mass is 9.68. The van der Waals surface area contributed by atoms with Gasteiger partial charge in [0.2, 0.25) is 5.91 Å². The molecule has 1 aromatic heterocycles. The van der Waals surface area contributed by atoms with Crippen LogP contribution in [0.2, 0.25) is 0 Å². The molecule has 2 aliphatic carbocycles. The molecule has 2 heterocycles. The van der Waals surface area contributed by atoms with Crippen LogP contribution in [-0.4, -0.2) is 26.9 Å². The highest BCUT2D eigenvalue weighted by atomic mass is 16.2. The number of carbonyl (C=O) groups is 1. The first-order valence-electron chi connectivity index (χ1n) is 7.93. The van der Waals surface area contributed by atoms with Crippen LogP contribution in [0.5, 0.6) is 0 Å². The van der Waals surface area contributed by atoms with Gasteiger partial charge in [0.1, 0.15) is 0 Å². The second-order valence-corrected chi connectivity index (χ2v) is 7.53. The lowest BCUT2D eigenvalue weighted by Crippen LogP contribution is -2.47. The molecule has 0 unspecified atom stereocenters. The third-order valence-electron chi connectivity index (χ3n) is 6.35. The van der Waals surface area contributed by atoms with Crippen molar-refractivity contribution >= 4 is 5.91 Å². The van der Waals surface area contributed by atoms with E-state index < -0.39 is 0 Å². The number of amides is 1. The molecule has 21 heavy (non-hydrogen) atoms. The number of rotatable bonds is 1. The van der Waals surface area contributed by atoms with Gasteiger partial charge in [-0.3, -0.25) is 4.79 Å². The second kappa shape index (κ2) is 3.99. The minimum absolute atomic E-state index is 0.117. The molecule has 112 valence electrons. The maximum Gasteiger partial charge on any atom is 0.233 e. The SMILES string of the molecule is C=C1C(C)(C)[C@H]2CC[C@]1(C(=O)N1CCn3cncc3C1)C2. The largest absolute Gasteiger partial charge is 0.334 e. The highest BCUT2D eigenvalue weighted by Gasteiger charge is 2.61. The summed E-state index contributed by atoms with van der Waals surface area (Å²) >= 11 is 0. The number of hydrogen-bond donors (Lipinski definition) is 0. The van der Waals surface area contributed by atoms with Crippen LogP contribution in [0.4, 0.5) is 0 Å². The summed E-state index contributed by atoms with van der Waals surface area (Å²) in [6.45, 7) is 11.2. The summed E-state index contributed by atoms with van der Waals surface area (Å²) in [5.74, 6) is 0.942. The van der Waals surface area contributed by atoms with Gasteiger partial charge in [0.05, 0.1) is 24.0 Å². The van der Waals surface area contributed by atoms with Gasteiger partial charge in [-0.05, 0) is 30.6 Å². The highest BCUT2D eigenvalue weighted by Crippen LogP contribution is 2.66. The third-order valence-corrected chi connectivity index (χ3v) is 6.35. The van der Waals surface area contributed by atoms with Gasteiger partial charge in [-0.15, -0.1) is 0 Å². The Labute approximate surface area is 125 Å². The van der Waals surface area contributed by atoms with Crippen molar-refractivity contribution in [1.82, 2.24) is 14.5 Å². The van der Waals surface area contributed by atoms with Gasteiger partial charge >= 0.3 is 0 Å². The number of imidazole rings is 1. The van der Waals surface area contributed by atoms with E-state index in [2.05, 4.69) is 30.0 Å². The van der Waals surface area contributed by atoms with Crippen molar-refractivity contribution in [3.8, 4) is 0 Å². The fraction of sp³-hybridized carbons (Fsp3) is 0.647. The van der Waals surface area contributed by atoms with E-state index in [0.717, 1.165) is 31.6 Å². The van der Waals surface area contributed by atoms with E-state index in [4.69, 9.17) is 0 Å². The standard InChI is InChI=1S/C17H23N3O/c1-12-16(2,3)13-4-5-17(12,8-13)15(21)19-6-7-20-11-18-9-14(20)10-19/h9,11,13H,1,4-8,10H2,2-3H3/t13-,17-/m0/s1. The number of nitrogens with zero attached hydrogens (tertiary/aromatic N) is 3. The molecule has 3 aliphatic rings. The minimum Gasteiger partial charge on any atom is -0.334 e. The summed E-state index contributed by atoms with van der Waals surface area (Å²) < 4.78 is 2.15. The topological polar surface area (TPSA) is 38.1 Å². The number of hydrogen-bond acceptors (Lipinski definition) is 2. The number of fused-ring (bicyclic) bond motifs is 3. The zero-order valence-electron chi connectivity index (χ0n) is 12.9. The Morgan fingerprint density at radius 1 is 1.43 bits per heavy atom. The van der Waals surface area contributed by atoms with E-state index in [1.165, 1.54) is 12.0 Å². The summed E-state index contributed by atoms with van der Waals surface area (Å²) in [7, 11) is 0. The summed E-state index contributed by atoms with van der Waals surface area (Å²) in [5, 5.41) is 0. The van der Waals surface area contributed by atoms with Crippen molar-refractivity contribution in [1.29, 1.82) is 0 Å². The summed E-state index contributed by atoms with van der Waals surface area (Å²) in [4.78, 5) is 19.5. The van der Waals surface area contributed by atoms with Gasteiger partial charge in [0.25, 0.3) is 0 Å². The van der Waals surface area contributed by atoms with Crippen molar-refractivity contribution in [2.75, 3.05) is 6.54 Å². The van der Waals surface area contributed by atoms with E-state index >= 15 is 0 Å². The Bertz CT molecular complexity index is 630. The average Bonchev–Trinajstić information content (AvgIpc) is 3.15. The molecule has 0 aromatic carbocycles. The molecular weight excluding hydrogens is 262 g/mol. The molecule has 1 amide bonds. The minimum atomic E-state index is -0.281. The van der Waals surface area contributed by atoms with Crippen molar-refractivity contribution in [3.63, 3.8) is 0 Å². The molecular formula is C17H23N3O. The summed E-state index contributed by atoms with van der Waals surface area (Å²) in [5.41, 5.74) is 2.15. The van der Waals surface area contributed by atoms with E-state index in [0.29, 0.717) is 18.4 Å². The van der Waals surface area contributed by atoms with Gasteiger partial charge in [0.15, 0.2) is 0 Å². The predicted molar refractivity (Wildman–Crippen MR) is 80.3 cm³/mol. The van der Waals surface area contributed by atoms with Gasteiger partial charge in [-0.2, -0.15) is 0 Å². The van der Waals surface area contributed by atoms with Crippen molar-refractivity contribution in [3.05, 3.63) is 30.4 Å². The smallest absolute Gasteiger partial charge is 0.233 e. The number of carbonyl (C=O) groups excluding carboxylic acids is 1. The Morgan fingerprint density at radius 3 is 2.95 bits per heavy atom. The van der Waals surface area contributed by atoms with Gasteiger partial charge in [0, 0.05) is 19.3 Å². The second-order valence-electron chi connectivity index (χ2n) is 7.53. The Balaban J connectivity index is 1.63. The van der Waals surface area contributed by atoms with Gasteiger partial charge in [-0.1, -0.05) is 26.0 Å². The maximum absolute atomic E-state index is 13.2. The quantitative estimate of drug-likeness (QED) is 0.744. The Hall–Kier alpha value is -1.58. The Kier molecular flexibility index (Phi) is 2.49. The van der Waals surface area contributed by atoms with Gasteiger partial charge < -0.3 is 9.47 Å². The lowest BCUT2D eigenvalue weighted by Gasteiger charge is -2.40. The van der Waals surface area contributed by atoms with Crippen LogP contribution in [0.1, 0.15) is 38.8 Å². The predicted octanol–water partition coefficient (Wildman–Crippen LogP) is 2.61. The molecule has 1 aromatic rings. The molecule has 0 radical (unpaired) electrons. The van der Waals surface area contributed by atoms with Crippen LogP contribution in [0, 0.1) is 16.7 Å². The molecule has 2 bridgehead atoms. The van der Waals surface area contributed by atoms with Crippen LogP contribution < -0.4 is 0 Å². The highest BCUT2D eigenvalue weighted by molar-refractivity contribution is 5.87. The first-order chi connectivity index (χ1) is 9.95. The third kappa shape index (κ3) is 1.56. The molecule has 0 saturated heterocycles. The van der Waals surface area contributed by atoms with Crippen LogP contribution >= 0.6 is 0 Å². The van der Waals surface area contributed by atoms with Crippen LogP contribution in [0.25, 0.3) is 0 Å². The number of aromatic nitrogens is 2. The van der Waals surface area contributed by atoms with Gasteiger partial charge in [-0.25, -0.2) is 4.98 Å². The molecule has 1 aliphatic heterocycles. The first kappa shape index (κ1) is 13.1. The average molecular weight is 285 g/mol. The monoisotopic (exact) mass is 285 g/mol. The summed E-state index contributed by atoms with van der Waals surface area (Å²) in [6, 6.07) is 0. The molecule has 4 heteroatoms. The van der Waals surface area contributed by atoms with Crippen molar-refractivity contribution < 1.29 is 4.79 Å². The van der Waals surface area contributed by atoms with Crippen molar-refractivity contribution in [2.24, 2.45) is 16.7 Å². The Morgan fingerprint density at radius 2 is 2.24 bits per heavy atom. The fourth-order valence-electron chi connectivity index (χ4n) is 4.78. The zero-order chi connectivity index (χ0) is 14.8. The van der Waals surface area contributed by atoms with E-state index in [1.807, 2.05) is 17.4 Å². The molecule has 0 spiro atoms. The van der Waals surface area contributed by atoms with Crippen LogP contribution in [0.3, 0.4) is 0 Å². The van der Waals surface area contributed by atoms with E-state index in [1.54, 1.807) is 0 Å². The lowest BCUT2D eigenvalue weighted by molar-refractivity contribution is -0.141. The normalized spacial score (nSPS) is 33.3. The molecule has 4 rings (SSSR count). The van der Waals surface area contributed by atoms with Crippen molar-refractivity contribution in [2.45, 2.75) is 46.2 Å². The summed E-state index contributed by atoms with van der Waals surface area (Å²) in [6.07, 6.45) is 6.91. The molecule has 2 saturated carbocycles. The molecule has 4 nitrogen and oxygen atoms in total. The molecule has 0 N–H and O–H groups in total. The maximum atomic E-state index is 13.2. The van der Waals surface area contributed by atoms with E-state index in [-0.39, 0.29) is 10.8 Å². The van der Waals surface area contributed by atoms with E-state index in [9.17, 15) is 4.79 Å². The first-order valence-corrected chi connectivity index (χ1v) is 7.93. The van der Waals surface area contributed by atoms with Crippen LogP contribution in [0.15, 0.2) is 24.7 Å². The molecule has 2 fully saturated rings. The molecule has 2 atom stereocenters. The zero-order valence-corrected chi connectivity index (χ0v) is 12.9.